The molecule has 2 rings (SSSR count). The first-order chi connectivity index (χ1) is 9.69. The second-order valence-electron chi connectivity index (χ2n) is 4.42. The van der Waals surface area contributed by atoms with Crippen LogP contribution in [0.2, 0.25) is 0 Å². The highest BCUT2D eigenvalue weighted by atomic mass is 32.1. The van der Waals surface area contributed by atoms with E-state index in [4.69, 9.17) is 0 Å². The molecule has 4 nitrogen and oxygen atoms in total. The third kappa shape index (κ3) is 3.04. The fourth-order valence-electron chi connectivity index (χ4n) is 1.95. The molecule has 1 heterocycles. The molecule has 0 radical (unpaired) electrons. The molecule has 0 unspecified atom stereocenters. The Labute approximate surface area is 123 Å². The molecule has 1 aromatic carbocycles. The summed E-state index contributed by atoms with van der Waals surface area (Å²) in [7, 11) is 0. The van der Waals surface area contributed by atoms with E-state index < -0.39 is 0 Å². The number of carbonyl (C=O) groups excluding carboxylic acids is 1. The molecule has 5 heteroatoms. The molecule has 20 heavy (non-hydrogen) atoms. The number of carbonyl (C=O) groups is 1. The number of aromatic nitrogens is 2. The van der Waals surface area contributed by atoms with Gasteiger partial charge in [-0.25, -0.2) is 0 Å². The van der Waals surface area contributed by atoms with Crippen molar-refractivity contribution < 1.29 is 4.79 Å². The molecular weight excluding hydrogens is 270 g/mol. The van der Waals surface area contributed by atoms with Gasteiger partial charge in [-0.3, -0.25) is 4.79 Å². The van der Waals surface area contributed by atoms with E-state index in [9.17, 15) is 4.79 Å². The van der Waals surface area contributed by atoms with Crippen LogP contribution < -0.4 is 4.90 Å². The van der Waals surface area contributed by atoms with Crippen molar-refractivity contribution in [1.29, 1.82) is 0 Å². The van der Waals surface area contributed by atoms with E-state index >= 15 is 0 Å². The number of nitrogens with zero attached hydrogens (tertiary/aromatic N) is 3. The van der Waals surface area contributed by atoms with Crippen LogP contribution in [0, 0.1) is 0 Å². The predicted octanol–water partition coefficient (Wildman–Crippen LogP) is 3.33. The van der Waals surface area contributed by atoms with Gasteiger partial charge in [0.2, 0.25) is 5.01 Å². The average molecular weight is 289 g/mol. The van der Waals surface area contributed by atoms with Gasteiger partial charge in [-0.1, -0.05) is 37.3 Å². The van der Waals surface area contributed by atoms with Crippen LogP contribution in [0.5, 0.6) is 0 Å². The minimum Gasteiger partial charge on any atom is -0.307 e. The first-order valence-electron chi connectivity index (χ1n) is 6.92. The number of hydrogen-bond donors (Lipinski definition) is 0. The van der Waals surface area contributed by atoms with Crippen molar-refractivity contribution in [2.75, 3.05) is 11.4 Å². The quantitative estimate of drug-likeness (QED) is 0.848. The highest BCUT2D eigenvalue weighted by molar-refractivity contribution is 7.13. The standard InChI is InChI=1S/C15H19N3OS/c1-4-11-7-9-12(10-8-11)18(6-3)15(19)14-17-16-13(5-2)20-14/h7-10H,4-6H2,1-3H3. The molecule has 0 atom stereocenters. The van der Waals surface area contributed by atoms with Crippen LogP contribution >= 0.6 is 11.3 Å². The topological polar surface area (TPSA) is 46.1 Å². The second-order valence-corrected chi connectivity index (χ2v) is 5.49. The molecule has 0 bridgehead atoms. The lowest BCUT2D eigenvalue weighted by Gasteiger charge is -2.19. The fraction of sp³-hybridized carbons (Fsp3) is 0.400. The summed E-state index contributed by atoms with van der Waals surface area (Å²) in [5.41, 5.74) is 2.17. The SMILES string of the molecule is CCc1ccc(N(CC)C(=O)c2nnc(CC)s2)cc1. The molecule has 0 fully saturated rings. The lowest BCUT2D eigenvalue weighted by atomic mass is 10.1. The number of benzene rings is 1. The molecular formula is C15H19N3OS. The van der Waals surface area contributed by atoms with Gasteiger partial charge in [0.15, 0.2) is 0 Å². The highest BCUT2D eigenvalue weighted by Crippen LogP contribution is 2.20. The lowest BCUT2D eigenvalue weighted by molar-refractivity contribution is 0.0987. The van der Waals surface area contributed by atoms with Crippen LogP contribution in [-0.2, 0) is 12.8 Å². The van der Waals surface area contributed by atoms with Crippen LogP contribution in [-0.4, -0.2) is 22.6 Å². The van der Waals surface area contributed by atoms with Gasteiger partial charge in [-0.2, -0.15) is 0 Å². The predicted molar refractivity (Wildman–Crippen MR) is 82.5 cm³/mol. The summed E-state index contributed by atoms with van der Waals surface area (Å²) in [5, 5.41) is 9.36. The first kappa shape index (κ1) is 14.7. The first-order valence-corrected chi connectivity index (χ1v) is 7.74. The summed E-state index contributed by atoms with van der Waals surface area (Å²) >= 11 is 1.37. The maximum Gasteiger partial charge on any atom is 0.289 e. The number of aryl methyl sites for hydroxylation is 2. The molecule has 0 saturated heterocycles. The van der Waals surface area contributed by atoms with Crippen molar-refractivity contribution in [1.82, 2.24) is 10.2 Å². The Morgan fingerprint density at radius 1 is 1.10 bits per heavy atom. The number of anilines is 1. The lowest BCUT2D eigenvalue weighted by Crippen LogP contribution is -2.30. The second kappa shape index (κ2) is 6.61. The van der Waals surface area contributed by atoms with E-state index in [2.05, 4.69) is 29.3 Å². The Kier molecular flexibility index (Phi) is 4.84. The van der Waals surface area contributed by atoms with E-state index in [1.165, 1.54) is 16.9 Å². The third-order valence-corrected chi connectivity index (χ3v) is 4.23. The Morgan fingerprint density at radius 2 is 1.80 bits per heavy atom. The maximum atomic E-state index is 12.5. The molecule has 0 N–H and O–H groups in total. The molecule has 0 aliphatic rings. The van der Waals surface area contributed by atoms with E-state index in [1.807, 2.05) is 26.0 Å². The van der Waals surface area contributed by atoms with Crippen molar-refractivity contribution in [3.8, 4) is 0 Å². The van der Waals surface area contributed by atoms with Crippen LogP contribution in [0.15, 0.2) is 24.3 Å². The number of rotatable bonds is 5. The van der Waals surface area contributed by atoms with Crippen molar-refractivity contribution >= 4 is 22.9 Å². The zero-order valence-electron chi connectivity index (χ0n) is 12.1. The number of hydrogen-bond acceptors (Lipinski definition) is 4. The van der Waals surface area contributed by atoms with Crippen molar-refractivity contribution in [2.45, 2.75) is 33.6 Å². The zero-order valence-corrected chi connectivity index (χ0v) is 12.9. The molecule has 2 aromatic rings. The Hall–Kier alpha value is -1.75. The molecule has 1 amide bonds. The Balaban J connectivity index is 2.23. The minimum absolute atomic E-state index is 0.0750. The van der Waals surface area contributed by atoms with Crippen LogP contribution in [0.1, 0.15) is 41.1 Å². The third-order valence-electron chi connectivity index (χ3n) is 3.17. The summed E-state index contributed by atoms with van der Waals surface area (Å²) in [4.78, 5) is 14.2. The minimum atomic E-state index is -0.0750. The van der Waals surface area contributed by atoms with Gasteiger partial charge in [0.25, 0.3) is 5.91 Å². The van der Waals surface area contributed by atoms with E-state index in [-0.39, 0.29) is 5.91 Å². The van der Waals surface area contributed by atoms with Gasteiger partial charge in [-0.05, 0) is 37.5 Å². The highest BCUT2D eigenvalue weighted by Gasteiger charge is 2.20. The van der Waals surface area contributed by atoms with Crippen LogP contribution in [0.4, 0.5) is 5.69 Å². The summed E-state index contributed by atoms with van der Waals surface area (Å²) in [6, 6.07) is 8.09. The summed E-state index contributed by atoms with van der Waals surface area (Å²) in [5.74, 6) is -0.0750. The van der Waals surface area contributed by atoms with E-state index in [0.29, 0.717) is 11.6 Å². The van der Waals surface area contributed by atoms with Crippen LogP contribution in [0.25, 0.3) is 0 Å². The van der Waals surface area contributed by atoms with Crippen molar-refractivity contribution in [2.24, 2.45) is 0 Å². The summed E-state index contributed by atoms with van der Waals surface area (Å²) < 4.78 is 0. The molecule has 0 saturated carbocycles. The molecule has 106 valence electrons. The molecule has 1 aromatic heterocycles. The largest absolute Gasteiger partial charge is 0.307 e. The molecule has 0 spiro atoms. The molecule has 0 aliphatic heterocycles. The van der Waals surface area contributed by atoms with E-state index in [1.54, 1.807) is 4.90 Å². The van der Waals surface area contributed by atoms with Gasteiger partial charge < -0.3 is 4.90 Å². The van der Waals surface area contributed by atoms with Crippen LogP contribution in [0.3, 0.4) is 0 Å². The van der Waals surface area contributed by atoms with Gasteiger partial charge in [0.1, 0.15) is 5.01 Å². The maximum absolute atomic E-state index is 12.5. The Bertz CT molecular complexity index is 577. The van der Waals surface area contributed by atoms with Gasteiger partial charge in [-0.15, -0.1) is 10.2 Å². The zero-order chi connectivity index (χ0) is 14.5. The van der Waals surface area contributed by atoms with Gasteiger partial charge in [0.05, 0.1) is 0 Å². The Morgan fingerprint density at radius 3 is 2.30 bits per heavy atom. The van der Waals surface area contributed by atoms with Gasteiger partial charge in [0, 0.05) is 12.2 Å². The fourth-order valence-corrected chi connectivity index (χ4v) is 2.68. The monoisotopic (exact) mass is 289 g/mol. The van der Waals surface area contributed by atoms with Crippen molar-refractivity contribution in [3.05, 3.63) is 39.8 Å². The molecule has 0 aliphatic carbocycles. The van der Waals surface area contributed by atoms with Crippen molar-refractivity contribution in [3.63, 3.8) is 0 Å². The summed E-state index contributed by atoms with van der Waals surface area (Å²) in [6.07, 6.45) is 1.80. The average Bonchev–Trinajstić information content (AvgIpc) is 2.97. The summed E-state index contributed by atoms with van der Waals surface area (Å²) in [6.45, 7) is 6.71. The number of amides is 1. The smallest absolute Gasteiger partial charge is 0.289 e. The van der Waals surface area contributed by atoms with E-state index in [0.717, 1.165) is 23.5 Å². The normalized spacial score (nSPS) is 10.6. The van der Waals surface area contributed by atoms with Gasteiger partial charge >= 0.3 is 0 Å².